The van der Waals surface area contributed by atoms with E-state index in [1.165, 1.54) is 0 Å². The molecule has 0 fully saturated rings. The molecule has 0 atom stereocenters. The van der Waals surface area contributed by atoms with Crippen LogP contribution in [0.5, 0.6) is 0 Å². The molecule has 0 radical (unpaired) electrons. The van der Waals surface area contributed by atoms with Gasteiger partial charge in [0.2, 0.25) is 5.28 Å². The summed E-state index contributed by atoms with van der Waals surface area (Å²) in [4.78, 5) is 10.1. The second-order valence-corrected chi connectivity index (χ2v) is 2.24. The Bertz CT molecular complexity index is 263. The summed E-state index contributed by atoms with van der Waals surface area (Å²) in [6.07, 6.45) is 6.94. The molecule has 0 saturated carbocycles. The third-order valence-corrected chi connectivity index (χ3v) is 1.23. The summed E-state index contributed by atoms with van der Waals surface area (Å²) >= 11 is 5.32. The number of nitrogens with zero attached hydrogens (tertiary/aromatic N) is 2. The summed E-state index contributed by atoms with van der Waals surface area (Å²) < 4.78 is 0. The van der Waals surface area contributed by atoms with E-state index in [1.54, 1.807) is 18.5 Å². The van der Waals surface area contributed by atoms with E-state index in [-0.39, 0.29) is 0 Å². The van der Waals surface area contributed by atoms with Gasteiger partial charge in [-0.2, -0.15) is 0 Å². The second-order valence-electron chi connectivity index (χ2n) is 1.90. The van der Waals surface area contributed by atoms with Gasteiger partial charge >= 0.3 is 0 Å². The van der Waals surface area contributed by atoms with Gasteiger partial charge < -0.3 is 4.98 Å². The van der Waals surface area contributed by atoms with Gasteiger partial charge in [-0.15, -0.1) is 0 Å². The number of aromatic amines is 1. The lowest BCUT2D eigenvalue weighted by atomic mass is 10.7. The van der Waals surface area contributed by atoms with Crippen LogP contribution in [0.1, 0.15) is 0 Å². The Labute approximate surface area is 75.4 Å². The van der Waals surface area contributed by atoms with Crippen molar-refractivity contribution in [1.82, 2.24) is 15.0 Å². The van der Waals surface area contributed by atoms with Gasteiger partial charge in [-0.1, -0.05) is 0 Å². The molecule has 2 heterocycles. The predicted molar refractivity (Wildman–Crippen MR) is 47.8 cm³/mol. The van der Waals surface area contributed by atoms with Crippen LogP contribution in [0.15, 0.2) is 43.0 Å². The number of hydrogen-bond donors (Lipinski definition) is 1. The van der Waals surface area contributed by atoms with Gasteiger partial charge in [-0.3, -0.25) is 0 Å². The number of H-pyrrole nitrogens is 1. The maximum Gasteiger partial charge on any atom is 0.222 e. The Morgan fingerprint density at radius 3 is 1.83 bits per heavy atom. The fourth-order valence-electron chi connectivity index (χ4n) is 0.559. The first-order valence-electron chi connectivity index (χ1n) is 3.40. The topological polar surface area (TPSA) is 41.6 Å². The monoisotopic (exact) mass is 181 g/mol. The fraction of sp³-hybridized carbons (Fsp3) is 0. The molecule has 2 rings (SSSR count). The van der Waals surface area contributed by atoms with E-state index in [1.807, 2.05) is 24.5 Å². The third-order valence-electron chi connectivity index (χ3n) is 1.03. The standard InChI is InChI=1S/C4H3ClN2.C4H5N/c5-4-6-2-1-3-7-4;1-2-4-5-3-1/h1-3H;1-5H. The highest BCUT2D eigenvalue weighted by Crippen LogP contribution is 1.92. The fourth-order valence-corrected chi connectivity index (χ4v) is 0.671. The maximum atomic E-state index is 5.32. The predicted octanol–water partition coefficient (Wildman–Crippen LogP) is 2.14. The van der Waals surface area contributed by atoms with Crippen LogP contribution in [-0.2, 0) is 0 Å². The molecule has 0 saturated heterocycles. The first-order chi connectivity index (χ1) is 5.89. The lowest BCUT2D eigenvalue weighted by molar-refractivity contribution is 1.17. The van der Waals surface area contributed by atoms with Crippen LogP contribution in [0.2, 0.25) is 5.28 Å². The minimum atomic E-state index is 0.294. The van der Waals surface area contributed by atoms with E-state index in [0.29, 0.717) is 5.28 Å². The van der Waals surface area contributed by atoms with Crippen LogP contribution in [0.4, 0.5) is 0 Å². The largest absolute Gasteiger partial charge is 0.368 e. The average Bonchev–Trinajstić information content (AvgIpc) is 2.62. The van der Waals surface area contributed by atoms with Crippen molar-refractivity contribution in [2.45, 2.75) is 0 Å². The van der Waals surface area contributed by atoms with Crippen molar-refractivity contribution in [3.8, 4) is 0 Å². The summed E-state index contributed by atoms with van der Waals surface area (Å²) in [5.74, 6) is 0. The van der Waals surface area contributed by atoms with Crippen LogP contribution in [0.25, 0.3) is 0 Å². The molecule has 0 spiro atoms. The molecule has 12 heavy (non-hydrogen) atoms. The van der Waals surface area contributed by atoms with Gasteiger partial charge in [-0.05, 0) is 29.8 Å². The molecular weight excluding hydrogens is 174 g/mol. The molecule has 62 valence electrons. The molecule has 0 aliphatic heterocycles. The molecule has 0 amide bonds. The molecule has 2 aromatic rings. The molecule has 1 N–H and O–H groups in total. The number of rotatable bonds is 0. The van der Waals surface area contributed by atoms with Crippen LogP contribution >= 0.6 is 11.6 Å². The number of hydrogen-bond acceptors (Lipinski definition) is 2. The van der Waals surface area contributed by atoms with Crippen LogP contribution in [0, 0.1) is 0 Å². The number of nitrogens with one attached hydrogen (secondary N) is 1. The molecule has 0 aliphatic rings. The van der Waals surface area contributed by atoms with Crippen molar-refractivity contribution in [2.75, 3.05) is 0 Å². The second kappa shape index (κ2) is 5.32. The summed E-state index contributed by atoms with van der Waals surface area (Å²) in [6.45, 7) is 0. The van der Waals surface area contributed by atoms with Gasteiger partial charge in [0.05, 0.1) is 0 Å². The van der Waals surface area contributed by atoms with Gasteiger partial charge in [0, 0.05) is 24.8 Å². The molecule has 3 nitrogen and oxygen atoms in total. The SMILES string of the molecule is Clc1ncccn1.c1cc[nH]c1. The molecule has 0 aliphatic carbocycles. The minimum absolute atomic E-state index is 0.294. The molecule has 2 aromatic heterocycles. The number of halogens is 1. The van der Waals surface area contributed by atoms with Crippen molar-refractivity contribution in [3.05, 3.63) is 48.3 Å². The van der Waals surface area contributed by atoms with Crippen molar-refractivity contribution >= 4 is 11.6 Å². The third kappa shape index (κ3) is 3.73. The highest BCUT2D eigenvalue weighted by Gasteiger charge is 1.78. The average molecular weight is 182 g/mol. The summed E-state index contributed by atoms with van der Waals surface area (Å²) in [5, 5.41) is 0.294. The Morgan fingerprint density at radius 1 is 1.00 bits per heavy atom. The quantitative estimate of drug-likeness (QED) is 0.633. The Hall–Kier alpha value is -1.35. The molecule has 0 bridgehead atoms. The van der Waals surface area contributed by atoms with Crippen molar-refractivity contribution in [2.24, 2.45) is 0 Å². The summed E-state index contributed by atoms with van der Waals surface area (Å²) in [6, 6.07) is 5.60. The van der Waals surface area contributed by atoms with E-state index < -0.39 is 0 Å². The Balaban J connectivity index is 0.000000127. The van der Waals surface area contributed by atoms with Crippen molar-refractivity contribution in [3.63, 3.8) is 0 Å². The normalized spacial score (nSPS) is 8.42. The first kappa shape index (κ1) is 8.74. The zero-order valence-corrected chi connectivity index (χ0v) is 7.07. The van der Waals surface area contributed by atoms with Gasteiger partial charge in [0.25, 0.3) is 0 Å². The molecule has 0 aromatic carbocycles. The smallest absolute Gasteiger partial charge is 0.222 e. The van der Waals surface area contributed by atoms with Crippen molar-refractivity contribution in [1.29, 1.82) is 0 Å². The van der Waals surface area contributed by atoms with E-state index in [0.717, 1.165) is 0 Å². The first-order valence-corrected chi connectivity index (χ1v) is 3.77. The zero-order valence-electron chi connectivity index (χ0n) is 6.31. The van der Waals surface area contributed by atoms with E-state index in [2.05, 4.69) is 15.0 Å². The van der Waals surface area contributed by atoms with Crippen LogP contribution in [-0.4, -0.2) is 15.0 Å². The summed E-state index contributed by atoms with van der Waals surface area (Å²) in [7, 11) is 0. The molecule has 0 unspecified atom stereocenters. The Morgan fingerprint density at radius 2 is 1.58 bits per heavy atom. The van der Waals surface area contributed by atoms with Gasteiger partial charge in [0.1, 0.15) is 0 Å². The van der Waals surface area contributed by atoms with E-state index in [4.69, 9.17) is 11.6 Å². The minimum Gasteiger partial charge on any atom is -0.368 e. The lowest BCUT2D eigenvalue weighted by Gasteiger charge is -1.78. The van der Waals surface area contributed by atoms with E-state index in [9.17, 15) is 0 Å². The molecule has 4 heteroatoms. The number of aromatic nitrogens is 3. The van der Waals surface area contributed by atoms with Gasteiger partial charge in [0.15, 0.2) is 0 Å². The maximum absolute atomic E-state index is 5.32. The highest BCUT2D eigenvalue weighted by molar-refractivity contribution is 6.28. The zero-order chi connectivity index (χ0) is 8.65. The summed E-state index contributed by atoms with van der Waals surface area (Å²) in [5.41, 5.74) is 0. The van der Waals surface area contributed by atoms with E-state index >= 15 is 0 Å². The van der Waals surface area contributed by atoms with Gasteiger partial charge in [-0.25, -0.2) is 9.97 Å². The van der Waals surface area contributed by atoms with Crippen molar-refractivity contribution < 1.29 is 0 Å². The highest BCUT2D eigenvalue weighted by atomic mass is 35.5. The van der Waals surface area contributed by atoms with Crippen LogP contribution in [0.3, 0.4) is 0 Å². The lowest BCUT2D eigenvalue weighted by Crippen LogP contribution is -1.73. The molecular formula is C8H8ClN3. The van der Waals surface area contributed by atoms with Crippen LogP contribution < -0.4 is 0 Å². The Kier molecular flexibility index (Phi) is 3.88.